The summed E-state index contributed by atoms with van der Waals surface area (Å²) >= 11 is 0. The predicted octanol–water partition coefficient (Wildman–Crippen LogP) is 1.23. The highest BCUT2D eigenvalue weighted by molar-refractivity contribution is 5.91. The number of piperazine rings is 1. The molecule has 0 bridgehead atoms. The number of carboxylic acids is 1. The molecule has 1 aliphatic heterocycles. The van der Waals surface area contributed by atoms with Crippen LogP contribution in [0.4, 0.5) is 5.82 Å². The molecule has 21 heavy (non-hydrogen) atoms. The first-order chi connectivity index (χ1) is 10.2. The fourth-order valence-electron chi connectivity index (χ4n) is 2.68. The average molecular weight is 286 g/mol. The van der Waals surface area contributed by atoms with Crippen LogP contribution in [0.2, 0.25) is 0 Å². The molecule has 0 amide bonds. The Hall–Kier alpha value is -2.21. The van der Waals surface area contributed by atoms with E-state index in [9.17, 15) is 4.79 Å². The fourth-order valence-corrected chi connectivity index (χ4v) is 2.68. The van der Waals surface area contributed by atoms with Gasteiger partial charge < -0.3 is 10.0 Å². The third-order valence-electron chi connectivity index (χ3n) is 3.86. The van der Waals surface area contributed by atoms with Crippen molar-refractivity contribution < 1.29 is 9.90 Å². The molecule has 0 spiro atoms. The quantitative estimate of drug-likeness (QED) is 0.911. The number of benzene rings is 1. The molecular weight excluding hydrogens is 268 g/mol. The van der Waals surface area contributed by atoms with Gasteiger partial charge in [-0.15, -0.1) is 5.10 Å². The van der Waals surface area contributed by atoms with Crippen molar-refractivity contribution >= 4 is 22.6 Å². The summed E-state index contributed by atoms with van der Waals surface area (Å²) in [6, 6.07) is 8.11. The molecule has 0 atom stereocenters. The fraction of sp³-hybridized carbons (Fsp3) is 0.400. The minimum Gasteiger partial charge on any atom is -0.481 e. The zero-order valence-corrected chi connectivity index (χ0v) is 11.8. The van der Waals surface area contributed by atoms with E-state index in [-0.39, 0.29) is 6.42 Å². The Morgan fingerprint density at radius 2 is 1.95 bits per heavy atom. The Morgan fingerprint density at radius 1 is 1.19 bits per heavy atom. The number of fused-ring (bicyclic) bond motifs is 1. The lowest BCUT2D eigenvalue weighted by Crippen LogP contribution is -2.47. The van der Waals surface area contributed by atoms with Gasteiger partial charge in [0.05, 0.1) is 12.6 Å². The number of aliphatic carboxylic acids is 1. The summed E-state index contributed by atoms with van der Waals surface area (Å²) in [5.41, 5.74) is 0. The number of aromatic nitrogens is 2. The Labute approximate surface area is 123 Å². The molecule has 0 saturated carbocycles. The molecule has 1 N–H and O–H groups in total. The molecule has 1 fully saturated rings. The summed E-state index contributed by atoms with van der Waals surface area (Å²) in [4.78, 5) is 15.0. The molecule has 6 nitrogen and oxygen atoms in total. The zero-order chi connectivity index (χ0) is 14.7. The Kier molecular flexibility index (Phi) is 3.96. The molecule has 6 heteroatoms. The average Bonchev–Trinajstić information content (AvgIpc) is 2.53. The lowest BCUT2D eigenvalue weighted by Gasteiger charge is -2.35. The van der Waals surface area contributed by atoms with Crippen molar-refractivity contribution in [3.8, 4) is 0 Å². The zero-order valence-electron chi connectivity index (χ0n) is 11.8. The highest BCUT2D eigenvalue weighted by Crippen LogP contribution is 2.23. The van der Waals surface area contributed by atoms with Gasteiger partial charge in [-0.05, 0) is 0 Å². The second-order valence-electron chi connectivity index (χ2n) is 5.23. The van der Waals surface area contributed by atoms with Gasteiger partial charge in [0.2, 0.25) is 0 Å². The summed E-state index contributed by atoms with van der Waals surface area (Å²) in [5.74, 6) is 0.184. The first kappa shape index (κ1) is 13.8. The van der Waals surface area contributed by atoms with Crippen LogP contribution in [-0.2, 0) is 4.79 Å². The molecule has 3 rings (SSSR count). The van der Waals surface area contributed by atoms with E-state index in [1.165, 1.54) is 0 Å². The molecule has 0 radical (unpaired) electrons. The molecule has 1 aliphatic rings. The number of nitrogens with zero attached hydrogens (tertiary/aromatic N) is 4. The van der Waals surface area contributed by atoms with Crippen LogP contribution in [0.25, 0.3) is 10.8 Å². The minimum atomic E-state index is -0.739. The van der Waals surface area contributed by atoms with Gasteiger partial charge in [0, 0.05) is 43.5 Å². The van der Waals surface area contributed by atoms with Crippen molar-refractivity contribution in [2.75, 3.05) is 37.6 Å². The Balaban J connectivity index is 1.70. The van der Waals surface area contributed by atoms with Crippen LogP contribution in [0.5, 0.6) is 0 Å². The monoisotopic (exact) mass is 286 g/mol. The van der Waals surface area contributed by atoms with E-state index in [1.807, 2.05) is 18.2 Å². The lowest BCUT2D eigenvalue weighted by molar-refractivity contribution is -0.137. The van der Waals surface area contributed by atoms with E-state index < -0.39 is 5.97 Å². The molecular formula is C15H18N4O2. The van der Waals surface area contributed by atoms with Crippen molar-refractivity contribution in [1.29, 1.82) is 0 Å². The van der Waals surface area contributed by atoms with E-state index >= 15 is 0 Å². The number of carboxylic acid groups (broad SMARTS) is 1. The normalized spacial score (nSPS) is 16.3. The number of rotatable bonds is 4. The summed E-state index contributed by atoms with van der Waals surface area (Å²) in [6.07, 6.45) is 1.98. The maximum absolute atomic E-state index is 10.6. The highest BCUT2D eigenvalue weighted by Gasteiger charge is 2.20. The van der Waals surface area contributed by atoms with Gasteiger partial charge >= 0.3 is 5.97 Å². The number of anilines is 1. The van der Waals surface area contributed by atoms with Crippen LogP contribution in [0.1, 0.15) is 6.42 Å². The number of hydrogen-bond acceptors (Lipinski definition) is 5. The van der Waals surface area contributed by atoms with Crippen LogP contribution in [0.15, 0.2) is 30.5 Å². The summed E-state index contributed by atoms with van der Waals surface area (Å²) < 4.78 is 0. The molecule has 2 heterocycles. The molecule has 1 aromatic heterocycles. The predicted molar refractivity (Wildman–Crippen MR) is 80.4 cm³/mol. The van der Waals surface area contributed by atoms with Crippen molar-refractivity contribution in [3.05, 3.63) is 30.5 Å². The molecule has 1 saturated heterocycles. The smallest absolute Gasteiger partial charge is 0.304 e. The summed E-state index contributed by atoms with van der Waals surface area (Å²) in [5, 5.41) is 19.3. The van der Waals surface area contributed by atoms with Crippen LogP contribution >= 0.6 is 0 Å². The third-order valence-corrected chi connectivity index (χ3v) is 3.86. The minimum absolute atomic E-state index is 0.202. The van der Waals surface area contributed by atoms with Gasteiger partial charge in [0.25, 0.3) is 0 Å². The molecule has 110 valence electrons. The second-order valence-corrected chi connectivity index (χ2v) is 5.23. The SMILES string of the molecule is O=C(O)CCN1CCN(c2nncc3ccccc23)CC1. The van der Waals surface area contributed by atoms with Crippen molar-refractivity contribution in [2.45, 2.75) is 6.42 Å². The first-order valence-electron chi connectivity index (χ1n) is 7.13. The second kappa shape index (κ2) is 6.05. The van der Waals surface area contributed by atoms with Crippen molar-refractivity contribution in [2.24, 2.45) is 0 Å². The van der Waals surface area contributed by atoms with Gasteiger partial charge in [-0.1, -0.05) is 24.3 Å². The van der Waals surface area contributed by atoms with Gasteiger partial charge in [-0.25, -0.2) is 0 Å². The third kappa shape index (κ3) is 3.11. The van der Waals surface area contributed by atoms with Crippen LogP contribution < -0.4 is 4.90 Å². The van der Waals surface area contributed by atoms with E-state index in [4.69, 9.17) is 5.11 Å². The Bertz CT molecular complexity index is 633. The molecule has 0 unspecified atom stereocenters. The largest absolute Gasteiger partial charge is 0.481 e. The standard InChI is InChI=1S/C15H18N4O2/c20-14(21)5-6-18-7-9-19(10-8-18)15-13-4-2-1-3-12(13)11-16-17-15/h1-4,11H,5-10H2,(H,20,21). The maximum atomic E-state index is 10.6. The molecule has 0 aliphatic carbocycles. The van der Waals surface area contributed by atoms with Gasteiger partial charge in [-0.3, -0.25) is 9.69 Å². The summed E-state index contributed by atoms with van der Waals surface area (Å²) in [6.45, 7) is 4.03. The van der Waals surface area contributed by atoms with E-state index in [1.54, 1.807) is 6.20 Å². The van der Waals surface area contributed by atoms with Gasteiger partial charge in [0.1, 0.15) is 0 Å². The van der Waals surface area contributed by atoms with Gasteiger partial charge in [-0.2, -0.15) is 5.10 Å². The van der Waals surface area contributed by atoms with E-state index in [2.05, 4.69) is 26.1 Å². The molecule has 2 aromatic rings. The summed E-state index contributed by atoms with van der Waals surface area (Å²) in [7, 11) is 0. The number of hydrogen-bond donors (Lipinski definition) is 1. The lowest BCUT2D eigenvalue weighted by atomic mass is 10.1. The molecule has 1 aromatic carbocycles. The number of carbonyl (C=O) groups is 1. The van der Waals surface area contributed by atoms with Crippen molar-refractivity contribution in [1.82, 2.24) is 15.1 Å². The maximum Gasteiger partial charge on any atom is 0.304 e. The van der Waals surface area contributed by atoms with Crippen LogP contribution in [0, 0.1) is 0 Å². The van der Waals surface area contributed by atoms with E-state index in [0.29, 0.717) is 6.54 Å². The first-order valence-corrected chi connectivity index (χ1v) is 7.13. The van der Waals surface area contributed by atoms with E-state index in [0.717, 1.165) is 42.8 Å². The van der Waals surface area contributed by atoms with Crippen LogP contribution in [0.3, 0.4) is 0 Å². The topological polar surface area (TPSA) is 69.6 Å². The van der Waals surface area contributed by atoms with Crippen LogP contribution in [-0.4, -0.2) is 58.9 Å². The Morgan fingerprint density at radius 3 is 2.71 bits per heavy atom. The van der Waals surface area contributed by atoms with Gasteiger partial charge in [0.15, 0.2) is 5.82 Å². The highest BCUT2D eigenvalue weighted by atomic mass is 16.4. The van der Waals surface area contributed by atoms with Crippen molar-refractivity contribution in [3.63, 3.8) is 0 Å².